The third-order valence-electron chi connectivity index (χ3n) is 2.36. The van der Waals surface area contributed by atoms with Gasteiger partial charge in [0.05, 0.1) is 23.2 Å². The largest absolute Gasteiger partial charge is 0.389 e. The van der Waals surface area contributed by atoms with Crippen LogP contribution in [0.5, 0.6) is 0 Å². The fourth-order valence-corrected chi connectivity index (χ4v) is 2.43. The first-order valence-corrected chi connectivity index (χ1v) is 6.53. The minimum absolute atomic E-state index is 0.00512. The Morgan fingerprint density at radius 1 is 1.20 bits per heavy atom. The number of amides is 2. The molecule has 108 valence electrons. The van der Waals surface area contributed by atoms with E-state index in [1.807, 2.05) is 0 Å². The van der Waals surface area contributed by atoms with Crippen molar-refractivity contribution >= 4 is 50.6 Å². The van der Waals surface area contributed by atoms with Gasteiger partial charge in [0.15, 0.2) is 5.82 Å². The Balaban J connectivity index is 3.26. The van der Waals surface area contributed by atoms with Gasteiger partial charge in [-0.05, 0) is 28.1 Å². The van der Waals surface area contributed by atoms with Gasteiger partial charge >= 0.3 is 0 Å². The predicted octanol–water partition coefficient (Wildman–Crippen LogP) is -0.000600. The molecule has 0 atom stereocenters. The fourth-order valence-electron chi connectivity index (χ4n) is 1.58. The third-order valence-corrected chi connectivity index (χ3v) is 3.36. The van der Waals surface area contributed by atoms with Gasteiger partial charge in [0.1, 0.15) is 4.99 Å². The van der Waals surface area contributed by atoms with E-state index in [1.165, 1.54) is 12.1 Å². The van der Waals surface area contributed by atoms with E-state index >= 15 is 0 Å². The highest BCUT2D eigenvalue weighted by Gasteiger charge is 2.20. The number of anilines is 1. The molecule has 1 rings (SSSR count). The number of carbonyl (C=O) groups is 2. The highest BCUT2D eigenvalue weighted by Crippen LogP contribution is 2.29. The molecule has 9 heteroatoms. The van der Waals surface area contributed by atoms with Crippen molar-refractivity contribution in [3.63, 3.8) is 0 Å². The van der Waals surface area contributed by atoms with E-state index in [1.54, 1.807) is 0 Å². The molecule has 20 heavy (non-hydrogen) atoms. The average Bonchev–Trinajstić information content (AvgIpc) is 2.30. The van der Waals surface area contributed by atoms with Gasteiger partial charge in [-0.25, -0.2) is 4.39 Å². The molecule has 0 fully saturated rings. The summed E-state index contributed by atoms with van der Waals surface area (Å²) in [7, 11) is 0. The Morgan fingerprint density at radius 2 is 1.70 bits per heavy atom. The van der Waals surface area contributed by atoms with Gasteiger partial charge in [-0.1, -0.05) is 12.2 Å². The first-order chi connectivity index (χ1) is 9.23. The van der Waals surface area contributed by atoms with Crippen LogP contribution >= 0.6 is 28.1 Å². The van der Waals surface area contributed by atoms with E-state index in [-0.39, 0.29) is 28.2 Å². The molecular weight excluding hydrogens is 351 g/mol. The van der Waals surface area contributed by atoms with Gasteiger partial charge in [0.25, 0.3) is 0 Å². The lowest BCUT2D eigenvalue weighted by atomic mass is 10.1. The second-order valence-corrected chi connectivity index (χ2v) is 5.15. The molecule has 0 spiro atoms. The van der Waals surface area contributed by atoms with Crippen LogP contribution in [0.15, 0.2) is 16.6 Å². The highest BCUT2D eigenvalue weighted by atomic mass is 79.9. The molecule has 0 unspecified atom stereocenters. The molecule has 6 nitrogen and oxygen atoms in total. The molecule has 0 aliphatic carbocycles. The third kappa shape index (κ3) is 3.87. The van der Waals surface area contributed by atoms with Crippen LogP contribution < -0.4 is 22.1 Å². The number of thiocarbonyl (C=S) groups is 1. The van der Waals surface area contributed by atoms with Crippen molar-refractivity contribution in [3.05, 3.63) is 28.0 Å². The number of hydrogen-bond acceptors (Lipinski definition) is 4. The fraction of sp³-hybridized carbons (Fsp3) is 0.182. The van der Waals surface area contributed by atoms with Crippen LogP contribution in [-0.4, -0.2) is 29.9 Å². The Hall–Kier alpha value is -1.74. The Kier molecular flexibility index (Phi) is 5.40. The summed E-state index contributed by atoms with van der Waals surface area (Å²) in [6, 6.07) is 2.82. The molecule has 6 N–H and O–H groups in total. The molecule has 0 radical (unpaired) electrons. The number of nitrogens with two attached hydrogens (primary N) is 3. The molecule has 1 aromatic rings. The number of primary amides is 2. The van der Waals surface area contributed by atoms with Crippen LogP contribution in [0.3, 0.4) is 0 Å². The lowest BCUT2D eigenvalue weighted by Gasteiger charge is -2.23. The van der Waals surface area contributed by atoms with Crippen molar-refractivity contribution in [2.45, 2.75) is 0 Å². The summed E-state index contributed by atoms with van der Waals surface area (Å²) in [5.41, 5.74) is 15.9. The van der Waals surface area contributed by atoms with Crippen LogP contribution in [0.1, 0.15) is 5.56 Å². The zero-order valence-electron chi connectivity index (χ0n) is 10.2. The first kappa shape index (κ1) is 16.3. The number of benzene rings is 1. The zero-order valence-corrected chi connectivity index (χ0v) is 12.6. The average molecular weight is 363 g/mol. The number of hydrogen-bond donors (Lipinski definition) is 3. The molecule has 2 amide bonds. The first-order valence-electron chi connectivity index (χ1n) is 5.33. The van der Waals surface area contributed by atoms with Gasteiger partial charge < -0.3 is 22.1 Å². The summed E-state index contributed by atoms with van der Waals surface area (Å²) in [5, 5.41) is 0. The maximum atomic E-state index is 14.3. The number of nitrogens with zero attached hydrogens (tertiary/aromatic N) is 1. The molecule has 0 saturated heterocycles. The maximum Gasteiger partial charge on any atom is 0.236 e. The molecule has 0 aliphatic heterocycles. The number of carbonyl (C=O) groups excluding carboxylic acids is 2. The van der Waals surface area contributed by atoms with Crippen molar-refractivity contribution in [1.29, 1.82) is 0 Å². The maximum absolute atomic E-state index is 14.3. The van der Waals surface area contributed by atoms with Crippen molar-refractivity contribution in [1.82, 2.24) is 0 Å². The van der Waals surface area contributed by atoms with E-state index in [0.717, 1.165) is 4.90 Å². The summed E-state index contributed by atoms with van der Waals surface area (Å²) in [6.45, 7) is -0.697. The van der Waals surface area contributed by atoms with Crippen LogP contribution in [0.25, 0.3) is 0 Å². The zero-order chi connectivity index (χ0) is 15.4. The van der Waals surface area contributed by atoms with Gasteiger partial charge in [0.2, 0.25) is 11.8 Å². The Labute approximate surface area is 128 Å². The van der Waals surface area contributed by atoms with E-state index in [0.29, 0.717) is 5.56 Å². The minimum atomic E-state index is -0.722. The molecule has 0 aliphatic rings. The van der Waals surface area contributed by atoms with Crippen molar-refractivity contribution < 1.29 is 14.0 Å². The SMILES string of the molecule is NC(=O)CN(CC(N)=O)c1ccc(C(N)=S)c(Br)c1F. The number of rotatable bonds is 6. The molecule has 0 saturated carbocycles. The van der Waals surface area contributed by atoms with E-state index < -0.39 is 17.6 Å². The quantitative estimate of drug-likeness (QED) is 0.616. The summed E-state index contributed by atoms with van der Waals surface area (Å²) in [4.78, 5) is 23.1. The molecular formula is C11H12BrFN4O2S. The summed E-state index contributed by atoms with van der Waals surface area (Å²) < 4.78 is 14.3. The molecule has 0 heterocycles. The van der Waals surface area contributed by atoms with Gasteiger partial charge in [-0.15, -0.1) is 0 Å². The predicted molar refractivity (Wildman–Crippen MR) is 80.6 cm³/mol. The van der Waals surface area contributed by atoms with Gasteiger partial charge in [-0.2, -0.15) is 0 Å². The van der Waals surface area contributed by atoms with Gasteiger partial charge in [0, 0.05) is 5.56 Å². The normalized spacial score (nSPS) is 10.1. The standard InChI is InChI=1S/C11H12BrFN4O2S/c12-9-5(11(16)20)1-2-6(10(9)13)17(3-7(14)18)4-8(15)19/h1-2H,3-4H2,(H2,14,18)(H2,15,19)(H2,16,20). The number of halogens is 2. The monoisotopic (exact) mass is 362 g/mol. The lowest BCUT2D eigenvalue weighted by molar-refractivity contribution is -0.117. The summed E-state index contributed by atoms with van der Waals surface area (Å²) >= 11 is 7.81. The van der Waals surface area contributed by atoms with E-state index in [4.69, 9.17) is 29.4 Å². The topological polar surface area (TPSA) is 115 Å². The van der Waals surface area contributed by atoms with Crippen molar-refractivity contribution in [2.75, 3.05) is 18.0 Å². The van der Waals surface area contributed by atoms with Crippen LogP contribution in [-0.2, 0) is 9.59 Å². The highest BCUT2D eigenvalue weighted by molar-refractivity contribution is 9.10. The molecule has 0 bridgehead atoms. The lowest BCUT2D eigenvalue weighted by Crippen LogP contribution is -2.40. The molecule has 1 aromatic carbocycles. The smallest absolute Gasteiger partial charge is 0.236 e. The Morgan fingerprint density at radius 3 is 2.10 bits per heavy atom. The molecule has 0 aromatic heterocycles. The van der Waals surface area contributed by atoms with Crippen molar-refractivity contribution in [3.8, 4) is 0 Å². The van der Waals surface area contributed by atoms with E-state index in [9.17, 15) is 14.0 Å². The Bertz CT molecular complexity index is 566. The second-order valence-electron chi connectivity index (χ2n) is 3.91. The second kappa shape index (κ2) is 6.62. The van der Waals surface area contributed by atoms with Crippen molar-refractivity contribution in [2.24, 2.45) is 17.2 Å². The van der Waals surface area contributed by atoms with E-state index in [2.05, 4.69) is 15.9 Å². The summed E-state index contributed by atoms with van der Waals surface area (Å²) in [6.07, 6.45) is 0. The van der Waals surface area contributed by atoms with Crippen LogP contribution in [0.2, 0.25) is 0 Å². The van der Waals surface area contributed by atoms with Gasteiger partial charge in [-0.3, -0.25) is 9.59 Å². The summed E-state index contributed by atoms with van der Waals surface area (Å²) in [5.74, 6) is -2.15. The minimum Gasteiger partial charge on any atom is -0.389 e. The van der Waals surface area contributed by atoms with Crippen LogP contribution in [0, 0.1) is 5.82 Å². The van der Waals surface area contributed by atoms with Crippen LogP contribution in [0.4, 0.5) is 10.1 Å².